The Bertz CT molecular complexity index is 716. The first kappa shape index (κ1) is 15.3. The Balaban J connectivity index is 2.24. The molecule has 106 valence electrons. The Kier molecular flexibility index (Phi) is 5.18. The fourth-order valence-corrected chi connectivity index (χ4v) is 2.17. The average molecular weight is 321 g/mol. The molecule has 1 amide bonds. The van der Waals surface area contributed by atoms with Crippen molar-refractivity contribution in [2.45, 2.75) is 0 Å². The maximum atomic E-state index is 12.2. The molecule has 6 heteroatoms. The summed E-state index contributed by atoms with van der Waals surface area (Å²) in [6.07, 6.45) is 0. The molecule has 2 N–H and O–H groups in total. The van der Waals surface area contributed by atoms with Gasteiger partial charge in [0.15, 0.2) is 0 Å². The zero-order valence-corrected chi connectivity index (χ0v) is 12.2. The van der Waals surface area contributed by atoms with E-state index in [0.717, 1.165) is 0 Å². The Labute approximate surface area is 131 Å². The summed E-state index contributed by atoms with van der Waals surface area (Å²) in [7, 11) is 0. The molecule has 21 heavy (non-hydrogen) atoms. The second-order valence-electron chi connectivity index (χ2n) is 3.92. The molecule has 0 spiro atoms. The molecule has 0 fully saturated rings. The van der Waals surface area contributed by atoms with Crippen LogP contribution in [-0.4, -0.2) is 22.6 Å². The molecule has 0 bridgehead atoms. The number of halogens is 2. The molecule has 0 aliphatic carbocycles. The number of pyridine rings is 1. The van der Waals surface area contributed by atoms with Gasteiger partial charge >= 0.3 is 0 Å². The highest BCUT2D eigenvalue weighted by atomic mass is 35.5. The monoisotopic (exact) mass is 320 g/mol. The summed E-state index contributed by atoms with van der Waals surface area (Å²) < 4.78 is 0. The van der Waals surface area contributed by atoms with E-state index >= 15 is 0 Å². The predicted octanol–water partition coefficient (Wildman–Crippen LogP) is 2.98. The van der Waals surface area contributed by atoms with Crippen LogP contribution >= 0.6 is 23.2 Å². The Morgan fingerprint density at radius 2 is 1.86 bits per heavy atom. The van der Waals surface area contributed by atoms with Gasteiger partial charge in [-0.2, -0.15) is 0 Å². The Morgan fingerprint density at radius 1 is 1.19 bits per heavy atom. The van der Waals surface area contributed by atoms with Crippen LogP contribution in [0.25, 0.3) is 0 Å². The standard InChI is InChI=1S/C15H10Cl2N2O2/c16-11-6-2-7-12(17)14(11)15(21)19-13-8-1-4-10(18-13)5-3-9-20/h1-2,4,6-8,20H,9H2,(H,18,19,21). The molecular weight excluding hydrogens is 311 g/mol. The predicted molar refractivity (Wildman–Crippen MR) is 82.6 cm³/mol. The van der Waals surface area contributed by atoms with Crippen molar-refractivity contribution in [3.8, 4) is 11.8 Å². The molecule has 2 rings (SSSR count). The lowest BCUT2D eigenvalue weighted by Gasteiger charge is -2.07. The van der Waals surface area contributed by atoms with E-state index in [0.29, 0.717) is 11.5 Å². The van der Waals surface area contributed by atoms with Crippen molar-refractivity contribution >= 4 is 34.9 Å². The second kappa shape index (κ2) is 7.09. The minimum absolute atomic E-state index is 0.189. The van der Waals surface area contributed by atoms with Gasteiger partial charge in [-0.15, -0.1) is 0 Å². The van der Waals surface area contributed by atoms with Crippen LogP contribution in [0.15, 0.2) is 36.4 Å². The third-order valence-electron chi connectivity index (χ3n) is 2.48. The molecule has 4 nitrogen and oxygen atoms in total. The number of rotatable bonds is 2. The Hall–Kier alpha value is -2.06. The maximum Gasteiger partial charge on any atom is 0.259 e. The normalized spacial score (nSPS) is 9.67. The van der Waals surface area contributed by atoms with Crippen molar-refractivity contribution in [1.82, 2.24) is 4.98 Å². The van der Waals surface area contributed by atoms with E-state index in [4.69, 9.17) is 28.3 Å². The number of hydrogen-bond donors (Lipinski definition) is 2. The van der Waals surface area contributed by atoms with Gasteiger partial charge in [-0.25, -0.2) is 4.98 Å². The lowest BCUT2D eigenvalue weighted by atomic mass is 10.2. The molecule has 1 aromatic carbocycles. The van der Waals surface area contributed by atoms with E-state index in [-0.39, 0.29) is 22.2 Å². The number of anilines is 1. The second-order valence-corrected chi connectivity index (χ2v) is 4.73. The molecule has 0 saturated carbocycles. The Morgan fingerprint density at radius 3 is 2.52 bits per heavy atom. The molecule has 0 unspecified atom stereocenters. The summed E-state index contributed by atoms with van der Waals surface area (Å²) >= 11 is 11.9. The zero-order chi connectivity index (χ0) is 15.2. The SMILES string of the molecule is O=C(Nc1cccc(C#CCO)n1)c1c(Cl)cccc1Cl. The van der Waals surface area contributed by atoms with Gasteiger partial charge in [-0.3, -0.25) is 4.79 Å². The number of amides is 1. The van der Waals surface area contributed by atoms with Gasteiger partial charge in [0, 0.05) is 0 Å². The van der Waals surface area contributed by atoms with E-state index in [1.54, 1.807) is 36.4 Å². The van der Waals surface area contributed by atoms with Gasteiger partial charge in [0.2, 0.25) is 0 Å². The summed E-state index contributed by atoms with van der Waals surface area (Å²) in [4.78, 5) is 16.3. The van der Waals surface area contributed by atoms with Gasteiger partial charge < -0.3 is 10.4 Å². The summed E-state index contributed by atoms with van der Waals surface area (Å²) in [6, 6.07) is 9.80. The van der Waals surface area contributed by atoms with Crippen molar-refractivity contribution < 1.29 is 9.90 Å². The molecule has 1 heterocycles. The lowest BCUT2D eigenvalue weighted by molar-refractivity contribution is 0.102. The number of carbonyl (C=O) groups is 1. The molecule has 0 aliphatic heterocycles. The highest BCUT2D eigenvalue weighted by molar-refractivity contribution is 6.40. The average Bonchev–Trinajstić information content (AvgIpc) is 2.45. The van der Waals surface area contributed by atoms with Crippen LogP contribution in [0.5, 0.6) is 0 Å². The molecule has 0 radical (unpaired) electrons. The number of aliphatic hydroxyl groups is 1. The number of nitrogens with one attached hydrogen (secondary N) is 1. The maximum absolute atomic E-state index is 12.2. The smallest absolute Gasteiger partial charge is 0.259 e. The first-order valence-corrected chi connectivity index (χ1v) is 6.69. The quantitative estimate of drug-likeness (QED) is 0.836. The molecule has 0 aliphatic rings. The number of benzene rings is 1. The van der Waals surface area contributed by atoms with E-state index < -0.39 is 5.91 Å². The molecule has 0 saturated heterocycles. The van der Waals surface area contributed by atoms with Crippen molar-refractivity contribution in [2.24, 2.45) is 0 Å². The molecular formula is C15H10Cl2N2O2. The largest absolute Gasteiger partial charge is 0.384 e. The summed E-state index contributed by atoms with van der Waals surface area (Å²) in [5.41, 5.74) is 0.626. The van der Waals surface area contributed by atoms with Crippen molar-refractivity contribution in [3.05, 3.63) is 57.7 Å². The van der Waals surface area contributed by atoms with E-state index in [2.05, 4.69) is 22.1 Å². The van der Waals surface area contributed by atoms with E-state index in [1.165, 1.54) is 0 Å². The van der Waals surface area contributed by atoms with Crippen LogP contribution in [0, 0.1) is 11.8 Å². The first-order valence-electron chi connectivity index (χ1n) is 5.94. The summed E-state index contributed by atoms with van der Waals surface area (Å²) in [5.74, 6) is 5.01. The molecule has 0 atom stereocenters. The van der Waals surface area contributed by atoms with Crippen LogP contribution in [0.2, 0.25) is 10.0 Å². The van der Waals surface area contributed by atoms with Gasteiger partial charge in [-0.1, -0.05) is 41.3 Å². The number of aromatic nitrogens is 1. The van der Waals surface area contributed by atoms with Crippen LogP contribution in [0.3, 0.4) is 0 Å². The lowest BCUT2D eigenvalue weighted by Crippen LogP contribution is -2.14. The molecule has 1 aromatic heterocycles. The third kappa shape index (κ3) is 3.96. The number of nitrogens with zero attached hydrogens (tertiary/aromatic N) is 1. The third-order valence-corrected chi connectivity index (χ3v) is 3.11. The van der Waals surface area contributed by atoms with E-state index in [9.17, 15) is 4.79 Å². The summed E-state index contributed by atoms with van der Waals surface area (Å²) in [6.45, 7) is -0.256. The fraction of sp³-hybridized carbons (Fsp3) is 0.0667. The highest BCUT2D eigenvalue weighted by Crippen LogP contribution is 2.24. The number of aliphatic hydroxyl groups excluding tert-OH is 1. The fourth-order valence-electron chi connectivity index (χ4n) is 1.60. The topological polar surface area (TPSA) is 62.2 Å². The van der Waals surface area contributed by atoms with Crippen molar-refractivity contribution in [1.29, 1.82) is 0 Å². The van der Waals surface area contributed by atoms with Gasteiger partial charge in [0.05, 0.1) is 15.6 Å². The van der Waals surface area contributed by atoms with Crippen LogP contribution in [-0.2, 0) is 0 Å². The minimum atomic E-state index is -0.453. The first-order chi connectivity index (χ1) is 10.1. The zero-order valence-electron chi connectivity index (χ0n) is 10.7. The van der Waals surface area contributed by atoms with Crippen LogP contribution < -0.4 is 5.32 Å². The number of carbonyl (C=O) groups excluding carboxylic acids is 1. The minimum Gasteiger partial charge on any atom is -0.384 e. The van der Waals surface area contributed by atoms with Crippen molar-refractivity contribution in [2.75, 3.05) is 11.9 Å². The van der Waals surface area contributed by atoms with Crippen molar-refractivity contribution in [3.63, 3.8) is 0 Å². The summed E-state index contributed by atoms with van der Waals surface area (Å²) in [5, 5.41) is 11.8. The van der Waals surface area contributed by atoms with Gasteiger partial charge in [0.25, 0.3) is 5.91 Å². The van der Waals surface area contributed by atoms with Gasteiger partial charge in [-0.05, 0) is 30.2 Å². The highest BCUT2D eigenvalue weighted by Gasteiger charge is 2.15. The molecule has 2 aromatic rings. The van der Waals surface area contributed by atoms with Crippen LogP contribution in [0.1, 0.15) is 16.1 Å². The van der Waals surface area contributed by atoms with E-state index in [1.807, 2.05) is 0 Å². The van der Waals surface area contributed by atoms with Gasteiger partial charge in [0.1, 0.15) is 18.1 Å². The van der Waals surface area contributed by atoms with Crippen LogP contribution in [0.4, 0.5) is 5.82 Å². The number of hydrogen-bond acceptors (Lipinski definition) is 3.